The Balaban J connectivity index is 1.59. The predicted molar refractivity (Wildman–Crippen MR) is 129 cm³/mol. The third kappa shape index (κ3) is 6.73. The zero-order valence-corrected chi connectivity index (χ0v) is 19.8. The van der Waals surface area contributed by atoms with Crippen molar-refractivity contribution in [3.05, 3.63) is 89.5 Å². The van der Waals surface area contributed by atoms with Crippen molar-refractivity contribution < 1.29 is 22.7 Å². The molecule has 8 heteroatoms. The number of nitrogens with zero attached hydrogens (tertiary/aromatic N) is 1. The highest BCUT2D eigenvalue weighted by molar-refractivity contribution is 7.92. The number of sulfonamides is 1. The first kappa shape index (κ1) is 24.1. The number of carbonyl (C=O) groups excluding carboxylic acids is 1. The maximum absolute atomic E-state index is 12.4. The van der Waals surface area contributed by atoms with Gasteiger partial charge in [-0.15, -0.1) is 0 Å². The third-order valence-corrected chi connectivity index (χ3v) is 6.25. The molecule has 0 aliphatic rings. The molecule has 0 atom stereocenters. The summed E-state index contributed by atoms with van der Waals surface area (Å²) in [5.41, 5.74) is 2.87. The Kier molecular flexibility index (Phi) is 7.95. The van der Waals surface area contributed by atoms with E-state index in [0.29, 0.717) is 30.2 Å². The Hall–Kier alpha value is -3.52. The average molecular weight is 469 g/mol. The molecule has 0 saturated heterocycles. The number of rotatable bonds is 10. The Morgan fingerprint density at radius 1 is 0.939 bits per heavy atom. The zero-order valence-electron chi connectivity index (χ0n) is 18.9. The smallest absolute Gasteiger partial charge is 0.251 e. The zero-order chi connectivity index (χ0) is 23.8. The number of nitrogens with one attached hydrogen (secondary N) is 1. The first-order valence-corrected chi connectivity index (χ1v) is 12.3. The minimum absolute atomic E-state index is 0.222. The number of benzene rings is 3. The molecule has 0 saturated carbocycles. The summed E-state index contributed by atoms with van der Waals surface area (Å²) in [5, 5.41) is 2.80. The van der Waals surface area contributed by atoms with Gasteiger partial charge in [0, 0.05) is 5.56 Å². The fraction of sp³-hybridized carbons (Fsp3) is 0.240. The van der Waals surface area contributed by atoms with Crippen LogP contribution in [0.25, 0.3) is 0 Å². The number of amides is 1. The molecule has 0 unspecified atom stereocenters. The van der Waals surface area contributed by atoms with E-state index in [1.165, 1.54) is 10.6 Å². The van der Waals surface area contributed by atoms with Crippen LogP contribution in [0.5, 0.6) is 11.5 Å². The molecular weight excluding hydrogens is 440 g/mol. The highest BCUT2D eigenvalue weighted by Crippen LogP contribution is 2.22. The summed E-state index contributed by atoms with van der Waals surface area (Å²) in [4.78, 5) is 12.4. The van der Waals surface area contributed by atoms with Crippen LogP contribution >= 0.6 is 0 Å². The monoisotopic (exact) mass is 468 g/mol. The lowest BCUT2D eigenvalue weighted by molar-refractivity contribution is 0.0947. The lowest BCUT2D eigenvalue weighted by Gasteiger charge is -2.23. The summed E-state index contributed by atoms with van der Waals surface area (Å²) < 4.78 is 36.9. The topological polar surface area (TPSA) is 84.9 Å². The largest absolute Gasteiger partial charge is 0.497 e. The number of anilines is 1. The molecule has 0 aliphatic heterocycles. The second-order valence-electron chi connectivity index (χ2n) is 7.52. The van der Waals surface area contributed by atoms with Crippen LogP contribution < -0.4 is 19.1 Å². The van der Waals surface area contributed by atoms with Crippen LogP contribution in [-0.4, -0.2) is 40.8 Å². The van der Waals surface area contributed by atoms with Gasteiger partial charge >= 0.3 is 0 Å². The standard InChI is InChI=1S/C25H28N2O5S/c1-19-6-4-5-7-21(19)18-27(33(3,29)30)22-10-8-20(9-11-22)25(28)26-16-17-32-24-14-12-23(31-2)13-15-24/h4-15H,16-18H2,1-3H3,(H,26,28). The van der Waals surface area contributed by atoms with E-state index in [9.17, 15) is 13.2 Å². The number of ether oxygens (including phenoxy) is 2. The van der Waals surface area contributed by atoms with Crippen LogP contribution in [-0.2, 0) is 16.6 Å². The van der Waals surface area contributed by atoms with Gasteiger partial charge in [-0.3, -0.25) is 9.10 Å². The highest BCUT2D eigenvalue weighted by Gasteiger charge is 2.19. The van der Waals surface area contributed by atoms with Gasteiger partial charge in [-0.1, -0.05) is 24.3 Å². The van der Waals surface area contributed by atoms with E-state index in [-0.39, 0.29) is 12.5 Å². The summed E-state index contributed by atoms with van der Waals surface area (Å²) in [7, 11) is -1.91. The van der Waals surface area contributed by atoms with E-state index in [1.807, 2.05) is 31.2 Å². The van der Waals surface area contributed by atoms with Gasteiger partial charge in [-0.25, -0.2) is 8.42 Å². The van der Waals surface area contributed by atoms with Gasteiger partial charge in [0.15, 0.2) is 0 Å². The van der Waals surface area contributed by atoms with Gasteiger partial charge in [-0.05, 0) is 66.6 Å². The molecule has 3 aromatic rings. The highest BCUT2D eigenvalue weighted by atomic mass is 32.2. The first-order chi connectivity index (χ1) is 15.8. The van der Waals surface area contributed by atoms with Gasteiger partial charge < -0.3 is 14.8 Å². The quantitative estimate of drug-likeness (QED) is 0.458. The summed E-state index contributed by atoms with van der Waals surface area (Å²) in [6.07, 6.45) is 1.18. The van der Waals surface area contributed by atoms with E-state index in [2.05, 4.69) is 5.32 Å². The molecule has 7 nitrogen and oxygen atoms in total. The van der Waals surface area contributed by atoms with E-state index in [4.69, 9.17) is 9.47 Å². The van der Waals surface area contributed by atoms with Crippen molar-refractivity contribution in [1.82, 2.24) is 5.32 Å². The molecule has 33 heavy (non-hydrogen) atoms. The van der Waals surface area contributed by atoms with Crippen LogP contribution in [0.4, 0.5) is 5.69 Å². The minimum atomic E-state index is -3.51. The molecule has 1 amide bonds. The maximum atomic E-state index is 12.4. The van der Waals surface area contributed by atoms with Crippen molar-refractivity contribution in [2.24, 2.45) is 0 Å². The molecule has 0 radical (unpaired) electrons. The number of aryl methyl sites for hydroxylation is 1. The van der Waals surface area contributed by atoms with Crippen LogP contribution in [0.1, 0.15) is 21.5 Å². The van der Waals surface area contributed by atoms with Crippen molar-refractivity contribution in [3.63, 3.8) is 0 Å². The fourth-order valence-corrected chi connectivity index (χ4v) is 4.11. The molecule has 3 aromatic carbocycles. The van der Waals surface area contributed by atoms with Crippen LogP contribution in [0.2, 0.25) is 0 Å². The lowest BCUT2D eigenvalue weighted by atomic mass is 10.1. The molecule has 0 aliphatic carbocycles. The predicted octanol–water partition coefficient (Wildman–Crippen LogP) is 3.78. The van der Waals surface area contributed by atoms with Crippen molar-refractivity contribution in [1.29, 1.82) is 0 Å². The van der Waals surface area contributed by atoms with E-state index < -0.39 is 10.0 Å². The first-order valence-electron chi connectivity index (χ1n) is 10.5. The fourth-order valence-electron chi connectivity index (χ4n) is 3.23. The molecule has 174 valence electrons. The van der Waals surface area contributed by atoms with Gasteiger partial charge in [0.25, 0.3) is 5.91 Å². The van der Waals surface area contributed by atoms with Crippen molar-refractivity contribution >= 4 is 21.6 Å². The number of methoxy groups -OCH3 is 1. The minimum Gasteiger partial charge on any atom is -0.497 e. The Labute approximate surface area is 195 Å². The average Bonchev–Trinajstić information content (AvgIpc) is 2.81. The second-order valence-corrected chi connectivity index (χ2v) is 9.43. The van der Waals surface area contributed by atoms with E-state index in [0.717, 1.165) is 16.9 Å². The molecule has 3 rings (SSSR count). The summed E-state index contributed by atoms with van der Waals surface area (Å²) in [5.74, 6) is 1.17. The van der Waals surface area contributed by atoms with Crippen LogP contribution in [0.15, 0.2) is 72.8 Å². The van der Waals surface area contributed by atoms with Crippen molar-refractivity contribution in [2.75, 3.05) is 30.8 Å². The molecule has 0 fully saturated rings. The maximum Gasteiger partial charge on any atom is 0.251 e. The normalized spacial score (nSPS) is 11.0. The summed E-state index contributed by atoms with van der Waals surface area (Å²) >= 11 is 0. The molecule has 0 bridgehead atoms. The molecule has 0 spiro atoms. The van der Waals surface area contributed by atoms with Crippen LogP contribution in [0, 0.1) is 6.92 Å². The van der Waals surface area contributed by atoms with Gasteiger partial charge in [0.05, 0.1) is 32.1 Å². The van der Waals surface area contributed by atoms with E-state index in [1.54, 1.807) is 55.6 Å². The molecule has 1 N–H and O–H groups in total. The Morgan fingerprint density at radius 2 is 1.58 bits per heavy atom. The van der Waals surface area contributed by atoms with Crippen molar-refractivity contribution in [2.45, 2.75) is 13.5 Å². The molecular formula is C25H28N2O5S. The van der Waals surface area contributed by atoms with Crippen LogP contribution in [0.3, 0.4) is 0 Å². The number of carbonyl (C=O) groups is 1. The number of hydrogen-bond acceptors (Lipinski definition) is 5. The number of hydrogen-bond donors (Lipinski definition) is 1. The third-order valence-electron chi connectivity index (χ3n) is 5.11. The van der Waals surface area contributed by atoms with Gasteiger partial charge in [0.1, 0.15) is 18.1 Å². The lowest BCUT2D eigenvalue weighted by Crippen LogP contribution is -2.30. The Morgan fingerprint density at radius 3 is 2.18 bits per heavy atom. The van der Waals surface area contributed by atoms with Gasteiger partial charge in [-0.2, -0.15) is 0 Å². The Bertz CT molecular complexity index is 1180. The van der Waals surface area contributed by atoms with Crippen molar-refractivity contribution in [3.8, 4) is 11.5 Å². The second kappa shape index (κ2) is 10.9. The summed E-state index contributed by atoms with van der Waals surface area (Å²) in [6.45, 7) is 2.81. The van der Waals surface area contributed by atoms with Gasteiger partial charge in [0.2, 0.25) is 10.0 Å². The van der Waals surface area contributed by atoms with E-state index >= 15 is 0 Å². The molecule has 0 heterocycles. The SMILES string of the molecule is COc1ccc(OCCNC(=O)c2ccc(N(Cc3ccccc3C)S(C)(=O)=O)cc2)cc1. The molecule has 0 aromatic heterocycles. The summed E-state index contributed by atoms with van der Waals surface area (Å²) in [6, 6.07) is 21.4.